The summed E-state index contributed by atoms with van der Waals surface area (Å²) < 4.78 is 15.8. The van der Waals surface area contributed by atoms with Gasteiger partial charge in [0.2, 0.25) is 0 Å². The maximum atomic E-state index is 14.7. The van der Waals surface area contributed by atoms with Crippen molar-refractivity contribution in [2.75, 3.05) is 24.5 Å². The number of nitrogens with one attached hydrogen (secondary N) is 2. The second-order valence-electron chi connectivity index (χ2n) is 13.5. The first-order valence-corrected chi connectivity index (χ1v) is 18.5. The lowest BCUT2D eigenvalue weighted by Crippen LogP contribution is -2.27. The molecule has 0 aliphatic carbocycles. The molecule has 5 heterocycles. The fourth-order valence-electron chi connectivity index (χ4n) is 7.14. The number of rotatable bonds is 9. The van der Waals surface area contributed by atoms with Gasteiger partial charge in [0.25, 0.3) is 0 Å². The second-order valence-corrected chi connectivity index (χ2v) is 14.6. The van der Waals surface area contributed by atoms with Gasteiger partial charge >= 0.3 is 0 Å². The third-order valence-electron chi connectivity index (χ3n) is 9.98. The molecule has 3 aromatic heterocycles. The van der Waals surface area contributed by atoms with Crippen molar-refractivity contribution in [3.8, 4) is 10.4 Å². The van der Waals surface area contributed by atoms with Crippen molar-refractivity contribution in [2.24, 2.45) is 4.99 Å². The fourth-order valence-corrected chi connectivity index (χ4v) is 8.35. The lowest BCUT2D eigenvalue weighted by atomic mass is 9.90. The number of pyridine rings is 2. The summed E-state index contributed by atoms with van der Waals surface area (Å²) in [5, 5.41) is 8.24. The van der Waals surface area contributed by atoms with Crippen molar-refractivity contribution in [2.45, 2.75) is 65.8 Å². The van der Waals surface area contributed by atoms with E-state index in [1.54, 1.807) is 24.3 Å². The summed E-state index contributed by atoms with van der Waals surface area (Å²) in [6.07, 6.45) is 6.54. The molecule has 0 bridgehead atoms. The van der Waals surface area contributed by atoms with Gasteiger partial charge in [0.15, 0.2) is 0 Å². The molecule has 6 nitrogen and oxygen atoms in total. The van der Waals surface area contributed by atoms with Gasteiger partial charge < -0.3 is 15.5 Å². The molecule has 2 N–H and O–H groups in total. The molecule has 1 unspecified atom stereocenters. The number of anilines is 1. The summed E-state index contributed by atoms with van der Waals surface area (Å²) in [6, 6.07) is 18.6. The Morgan fingerprint density at radius 1 is 0.980 bits per heavy atom. The summed E-state index contributed by atoms with van der Waals surface area (Å²) in [5.41, 5.74) is 11.2. The molecular formula is C42H45FN6S. The molecule has 0 saturated carbocycles. The Labute approximate surface area is 298 Å². The number of hydrogen-bond acceptors (Lipinski definition) is 7. The molecular weight excluding hydrogens is 640 g/mol. The highest BCUT2D eigenvalue weighted by Gasteiger charge is 2.30. The summed E-state index contributed by atoms with van der Waals surface area (Å²) in [5.74, 6) is 1.53. The third-order valence-corrected chi connectivity index (χ3v) is 11.1. The number of aliphatic imine (C=N–C) groups is 1. The zero-order valence-electron chi connectivity index (χ0n) is 29.5. The van der Waals surface area contributed by atoms with Gasteiger partial charge in [0.1, 0.15) is 17.5 Å². The predicted octanol–water partition coefficient (Wildman–Crippen LogP) is 9.25. The van der Waals surface area contributed by atoms with Crippen LogP contribution in [-0.2, 0) is 19.3 Å². The average Bonchev–Trinajstić information content (AvgIpc) is 3.74. The van der Waals surface area contributed by atoms with Crippen LogP contribution < -0.4 is 15.5 Å². The Hall–Kier alpha value is -4.82. The first kappa shape index (κ1) is 33.7. The van der Waals surface area contributed by atoms with Crippen LogP contribution in [0.4, 0.5) is 10.2 Å². The zero-order chi connectivity index (χ0) is 34.9. The highest BCUT2D eigenvalue weighted by atomic mass is 32.1. The van der Waals surface area contributed by atoms with E-state index in [0.29, 0.717) is 12.1 Å². The largest absolute Gasteiger partial charge is 0.385 e. The molecule has 7 rings (SSSR count). The minimum absolute atomic E-state index is 0.0735. The molecule has 8 heteroatoms. The van der Waals surface area contributed by atoms with E-state index in [9.17, 15) is 4.39 Å². The van der Waals surface area contributed by atoms with E-state index in [1.165, 1.54) is 11.1 Å². The Bertz CT molecular complexity index is 2130. The number of benzene rings is 2. The second kappa shape index (κ2) is 14.2. The van der Waals surface area contributed by atoms with Crippen LogP contribution in [0.1, 0.15) is 77.5 Å². The molecule has 0 saturated heterocycles. The summed E-state index contributed by atoms with van der Waals surface area (Å²) in [7, 11) is 0. The Balaban J connectivity index is 1.42. The number of halogens is 1. The van der Waals surface area contributed by atoms with Gasteiger partial charge in [-0.15, -0.1) is 11.3 Å². The third kappa shape index (κ3) is 6.56. The molecule has 0 spiro atoms. The van der Waals surface area contributed by atoms with Crippen LogP contribution in [0.15, 0.2) is 84.6 Å². The molecule has 2 aliphatic heterocycles. The molecule has 1 atom stereocenters. The number of aromatic nitrogens is 2. The van der Waals surface area contributed by atoms with Crippen LogP contribution in [-0.4, -0.2) is 35.4 Å². The van der Waals surface area contributed by atoms with Crippen LogP contribution >= 0.6 is 11.3 Å². The highest BCUT2D eigenvalue weighted by Crippen LogP contribution is 2.45. The number of amidine groups is 1. The number of hydrogen-bond donors (Lipinski definition) is 2. The molecule has 2 aliphatic rings. The molecule has 5 aromatic rings. The normalized spacial score (nSPS) is 15.2. The molecule has 0 fully saturated rings. The zero-order valence-corrected chi connectivity index (χ0v) is 30.3. The molecule has 0 radical (unpaired) electrons. The average molecular weight is 685 g/mol. The first-order chi connectivity index (χ1) is 24.2. The van der Waals surface area contributed by atoms with Crippen LogP contribution in [0.5, 0.6) is 0 Å². The van der Waals surface area contributed by atoms with Gasteiger partial charge in [-0.05, 0) is 100 Å². The van der Waals surface area contributed by atoms with E-state index < -0.39 is 0 Å². The van der Waals surface area contributed by atoms with Gasteiger partial charge in [-0.2, -0.15) is 0 Å². The number of aryl methyl sites for hydroxylation is 5. The van der Waals surface area contributed by atoms with Crippen molar-refractivity contribution < 1.29 is 4.39 Å². The van der Waals surface area contributed by atoms with Gasteiger partial charge in [-0.25, -0.2) is 9.37 Å². The van der Waals surface area contributed by atoms with E-state index in [1.807, 2.05) is 18.3 Å². The summed E-state index contributed by atoms with van der Waals surface area (Å²) in [6.45, 7) is 19.1. The van der Waals surface area contributed by atoms with Crippen LogP contribution in [0.3, 0.4) is 0 Å². The van der Waals surface area contributed by atoms with E-state index in [2.05, 4.69) is 85.9 Å². The maximum absolute atomic E-state index is 14.7. The summed E-state index contributed by atoms with van der Waals surface area (Å²) >= 11 is 1.74. The van der Waals surface area contributed by atoms with E-state index in [-0.39, 0.29) is 11.9 Å². The van der Waals surface area contributed by atoms with Crippen molar-refractivity contribution >= 4 is 38.8 Å². The topological polar surface area (TPSA) is 65.4 Å². The molecule has 2 aromatic carbocycles. The van der Waals surface area contributed by atoms with Gasteiger partial charge in [-0.3, -0.25) is 9.98 Å². The minimum Gasteiger partial charge on any atom is -0.385 e. The quantitative estimate of drug-likeness (QED) is 0.162. The van der Waals surface area contributed by atoms with Crippen LogP contribution in [0.25, 0.3) is 26.2 Å². The van der Waals surface area contributed by atoms with Gasteiger partial charge in [0.05, 0.1) is 28.7 Å². The fraction of sp³-hybridized carbons (Fsp3) is 0.310. The van der Waals surface area contributed by atoms with Gasteiger partial charge in [-0.1, -0.05) is 55.1 Å². The van der Waals surface area contributed by atoms with Crippen molar-refractivity contribution in [3.63, 3.8) is 0 Å². The van der Waals surface area contributed by atoms with E-state index >= 15 is 0 Å². The van der Waals surface area contributed by atoms with Crippen molar-refractivity contribution in [1.82, 2.24) is 20.6 Å². The van der Waals surface area contributed by atoms with E-state index in [4.69, 9.17) is 15.0 Å². The number of thiophene rings is 1. The monoisotopic (exact) mass is 684 g/mol. The van der Waals surface area contributed by atoms with E-state index in [0.717, 1.165) is 117 Å². The Morgan fingerprint density at radius 2 is 1.80 bits per heavy atom. The van der Waals surface area contributed by atoms with Crippen LogP contribution in [0.2, 0.25) is 0 Å². The standard InChI is InChI=1S/C42H45FN6S/c1-7-49(29(6)31-17-13-26(3)33(43)22-31)42-40-32(19-21-45-42)23-36(50-40)39-37-28(5)44-20-9-8-10-34(37)48-35(38(39)41-46-24-27(4)47-41)18-16-30-14-11-25(2)12-15-30/h11-15,17,19,21-23,29,44H,4-5,7-10,16,18,20,24H2,1-3,6H3,(H,46,47). The Kier molecular flexibility index (Phi) is 9.56. The number of fused-ring (bicyclic) bond motifs is 2. The number of nitrogens with zero attached hydrogens (tertiary/aromatic N) is 4. The smallest absolute Gasteiger partial charge is 0.147 e. The summed E-state index contributed by atoms with van der Waals surface area (Å²) in [4.78, 5) is 18.7. The molecule has 50 heavy (non-hydrogen) atoms. The molecule has 0 amide bonds. The molecule has 256 valence electrons. The van der Waals surface area contributed by atoms with Gasteiger partial charge in [0, 0.05) is 52.2 Å². The lowest BCUT2D eigenvalue weighted by molar-refractivity contribution is 0.608. The lowest BCUT2D eigenvalue weighted by Gasteiger charge is -2.30. The minimum atomic E-state index is -0.185. The highest BCUT2D eigenvalue weighted by molar-refractivity contribution is 7.22. The Morgan fingerprint density at radius 3 is 2.54 bits per heavy atom. The first-order valence-electron chi connectivity index (χ1n) is 17.7. The van der Waals surface area contributed by atoms with Crippen molar-refractivity contribution in [1.29, 1.82) is 0 Å². The maximum Gasteiger partial charge on any atom is 0.147 e. The SMILES string of the molecule is C=C1CN=C(c2c(CCc3ccc(C)cc3)nc3c(c2-c2cc4ccnc(N(CC)C(C)c5ccc(C)c(F)c5)c4s2)C(=C)NCCCC3)N1. The van der Waals surface area contributed by atoms with Crippen molar-refractivity contribution in [3.05, 3.63) is 130 Å². The predicted molar refractivity (Wildman–Crippen MR) is 208 cm³/mol. The van der Waals surface area contributed by atoms with Crippen LogP contribution in [0, 0.1) is 19.7 Å².